The second-order valence-corrected chi connectivity index (χ2v) is 4.61. The first-order valence-electron chi connectivity index (χ1n) is 6.69. The third-order valence-corrected chi connectivity index (χ3v) is 3.21. The van der Waals surface area contributed by atoms with Gasteiger partial charge in [0.25, 0.3) is 0 Å². The molecule has 3 nitrogen and oxygen atoms in total. The Morgan fingerprint density at radius 1 is 1.26 bits per heavy atom. The van der Waals surface area contributed by atoms with Gasteiger partial charge in [0, 0.05) is 12.2 Å². The van der Waals surface area contributed by atoms with Crippen molar-refractivity contribution in [2.24, 2.45) is 0 Å². The fourth-order valence-corrected chi connectivity index (χ4v) is 2.05. The zero-order chi connectivity index (χ0) is 13.8. The summed E-state index contributed by atoms with van der Waals surface area (Å²) in [7, 11) is 0. The van der Waals surface area contributed by atoms with Gasteiger partial charge in [-0.05, 0) is 50.1 Å². The van der Waals surface area contributed by atoms with Gasteiger partial charge in [-0.1, -0.05) is 6.92 Å². The van der Waals surface area contributed by atoms with E-state index < -0.39 is 0 Å². The van der Waals surface area contributed by atoms with Crippen LogP contribution in [-0.4, -0.2) is 9.78 Å². The van der Waals surface area contributed by atoms with Crippen molar-refractivity contribution in [2.75, 3.05) is 5.32 Å². The Morgan fingerprint density at radius 2 is 2.05 bits per heavy atom. The molecule has 1 N–H and O–H groups in total. The van der Waals surface area contributed by atoms with Crippen molar-refractivity contribution in [3.63, 3.8) is 0 Å². The van der Waals surface area contributed by atoms with Crippen LogP contribution in [0.25, 0.3) is 0 Å². The number of aryl methyl sites for hydroxylation is 3. The smallest absolute Gasteiger partial charge is 0.126 e. The van der Waals surface area contributed by atoms with E-state index in [9.17, 15) is 4.39 Å². The summed E-state index contributed by atoms with van der Waals surface area (Å²) in [5, 5.41) is 7.82. The van der Waals surface area contributed by atoms with Gasteiger partial charge in [0.1, 0.15) is 5.82 Å². The molecule has 0 aliphatic carbocycles. The first kappa shape index (κ1) is 13.6. The van der Waals surface area contributed by atoms with Gasteiger partial charge in [0.2, 0.25) is 0 Å². The summed E-state index contributed by atoms with van der Waals surface area (Å²) in [6.45, 7) is 7.51. The van der Waals surface area contributed by atoms with Crippen molar-refractivity contribution in [3.8, 4) is 0 Å². The number of anilines is 1. The van der Waals surface area contributed by atoms with E-state index in [0.29, 0.717) is 12.1 Å². The van der Waals surface area contributed by atoms with Gasteiger partial charge in [-0.15, -0.1) is 0 Å². The minimum atomic E-state index is -0.169. The molecule has 102 valence electrons. The van der Waals surface area contributed by atoms with Crippen LogP contribution in [0.15, 0.2) is 24.3 Å². The molecule has 0 bridgehead atoms. The summed E-state index contributed by atoms with van der Waals surface area (Å²) in [5.74, 6) is -0.169. The van der Waals surface area contributed by atoms with Gasteiger partial charge in [0.15, 0.2) is 0 Å². The predicted octanol–water partition coefficient (Wildman–Crippen LogP) is 3.53. The van der Waals surface area contributed by atoms with Crippen molar-refractivity contribution in [2.45, 2.75) is 40.3 Å². The van der Waals surface area contributed by atoms with E-state index in [1.54, 1.807) is 13.0 Å². The van der Waals surface area contributed by atoms with Crippen LogP contribution in [0.1, 0.15) is 30.8 Å². The lowest BCUT2D eigenvalue weighted by atomic mass is 10.2. The quantitative estimate of drug-likeness (QED) is 0.892. The minimum Gasteiger partial charge on any atom is -0.379 e. The second kappa shape index (κ2) is 5.87. The van der Waals surface area contributed by atoms with Crippen molar-refractivity contribution < 1.29 is 4.39 Å². The molecule has 0 aliphatic rings. The zero-order valence-electron chi connectivity index (χ0n) is 11.7. The predicted molar refractivity (Wildman–Crippen MR) is 75.7 cm³/mol. The third kappa shape index (κ3) is 3.13. The largest absolute Gasteiger partial charge is 0.379 e. The number of hydrogen-bond donors (Lipinski definition) is 1. The Morgan fingerprint density at radius 3 is 2.68 bits per heavy atom. The lowest BCUT2D eigenvalue weighted by Crippen LogP contribution is -2.08. The van der Waals surface area contributed by atoms with Gasteiger partial charge in [0.05, 0.1) is 17.9 Å². The third-order valence-electron chi connectivity index (χ3n) is 3.21. The van der Waals surface area contributed by atoms with Gasteiger partial charge >= 0.3 is 0 Å². The molecule has 0 amide bonds. The van der Waals surface area contributed by atoms with E-state index in [0.717, 1.165) is 30.0 Å². The summed E-state index contributed by atoms with van der Waals surface area (Å²) in [6, 6.07) is 7.19. The molecule has 0 aliphatic heterocycles. The minimum absolute atomic E-state index is 0.169. The summed E-state index contributed by atoms with van der Waals surface area (Å²) in [4.78, 5) is 0. The van der Waals surface area contributed by atoms with Crippen molar-refractivity contribution in [1.29, 1.82) is 0 Å². The fraction of sp³-hybridized carbons (Fsp3) is 0.400. The standard InChI is InChI=1S/C15H20FN3/c1-4-12-9-14(19(5-2)18-12)10-17-13-6-7-15(16)11(3)8-13/h6-9,17H,4-5,10H2,1-3H3. The molecular weight excluding hydrogens is 241 g/mol. The van der Waals surface area contributed by atoms with E-state index in [2.05, 4.69) is 30.3 Å². The van der Waals surface area contributed by atoms with E-state index in [-0.39, 0.29) is 5.82 Å². The molecular formula is C15H20FN3. The maximum atomic E-state index is 13.2. The lowest BCUT2D eigenvalue weighted by molar-refractivity contribution is 0.616. The van der Waals surface area contributed by atoms with Crippen LogP contribution in [0.2, 0.25) is 0 Å². The molecule has 2 aromatic rings. The van der Waals surface area contributed by atoms with Crippen LogP contribution >= 0.6 is 0 Å². The molecule has 19 heavy (non-hydrogen) atoms. The highest BCUT2D eigenvalue weighted by Crippen LogP contribution is 2.15. The first-order valence-corrected chi connectivity index (χ1v) is 6.69. The van der Waals surface area contributed by atoms with Crippen LogP contribution in [0.4, 0.5) is 10.1 Å². The Labute approximate surface area is 113 Å². The number of hydrogen-bond acceptors (Lipinski definition) is 2. The molecule has 0 saturated carbocycles. The molecule has 1 aromatic carbocycles. The lowest BCUT2D eigenvalue weighted by Gasteiger charge is -2.09. The van der Waals surface area contributed by atoms with Crippen LogP contribution < -0.4 is 5.32 Å². The van der Waals surface area contributed by atoms with E-state index in [1.165, 1.54) is 6.07 Å². The molecule has 0 saturated heterocycles. The molecule has 2 rings (SSSR count). The highest BCUT2D eigenvalue weighted by Gasteiger charge is 2.06. The molecule has 0 radical (unpaired) electrons. The monoisotopic (exact) mass is 261 g/mol. The van der Waals surface area contributed by atoms with Gasteiger partial charge in [-0.3, -0.25) is 4.68 Å². The average molecular weight is 261 g/mol. The summed E-state index contributed by atoms with van der Waals surface area (Å²) in [6.07, 6.45) is 0.940. The molecule has 0 fully saturated rings. The van der Waals surface area contributed by atoms with Gasteiger partial charge in [-0.25, -0.2) is 4.39 Å². The maximum Gasteiger partial charge on any atom is 0.126 e. The number of nitrogens with one attached hydrogen (secondary N) is 1. The molecule has 0 atom stereocenters. The molecule has 1 heterocycles. The fourth-order valence-electron chi connectivity index (χ4n) is 2.05. The van der Waals surface area contributed by atoms with Crippen LogP contribution in [0, 0.1) is 12.7 Å². The van der Waals surface area contributed by atoms with Crippen molar-refractivity contribution in [1.82, 2.24) is 9.78 Å². The Balaban J connectivity index is 2.09. The number of nitrogens with zero attached hydrogens (tertiary/aromatic N) is 2. The highest BCUT2D eigenvalue weighted by atomic mass is 19.1. The van der Waals surface area contributed by atoms with E-state index in [4.69, 9.17) is 0 Å². The van der Waals surface area contributed by atoms with Crippen LogP contribution in [0.5, 0.6) is 0 Å². The van der Waals surface area contributed by atoms with Crippen molar-refractivity contribution in [3.05, 3.63) is 47.0 Å². The number of halogens is 1. The molecule has 0 spiro atoms. The Hall–Kier alpha value is -1.84. The summed E-state index contributed by atoms with van der Waals surface area (Å²) < 4.78 is 15.2. The number of aromatic nitrogens is 2. The molecule has 4 heteroatoms. The number of benzene rings is 1. The van der Waals surface area contributed by atoms with Gasteiger partial charge < -0.3 is 5.32 Å². The molecule has 1 aromatic heterocycles. The summed E-state index contributed by atoms with van der Waals surface area (Å²) >= 11 is 0. The highest BCUT2D eigenvalue weighted by molar-refractivity contribution is 5.46. The topological polar surface area (TPSA) is 29.9 Å². The number of rotatable bonds is 5. The first-order chi connectivity index (χ1) is 9.13. The zero-order valence-corrected chi connectivity index (χ0v) is 11.7. The van der Waals surface area contributed by atoms with Crippen LogP contribution in [-0.2, 0) is 19.5 Å². The maximum absolute atomic E-state index is 13.2. The Bertz CT molecular complexity index is 561. The SMILES string of the molecule is CCc1cc(CNc2ccc(F)c(C)c2)n(CC)n1. The Kier molecular flexibility index (Phi) is 4.20. The second-order valence-electron chi connectivity index (χ2n) is 4.61. The van der Waals surface area contributed by atoms with Crippen LogP contribution in [0.3, 0.4) is 0 Å². The van der Waals surface area contributed by atoms with E-state index in [1.807, 2.05) is 10.7 Å². The van der Waals surface area contributed by atoms with E-state index >= 15 is 0 Å². The van der Waals surface area contributed by atoms with Crippen molar-refractivity contribution >= 4 is 5.69 Å². The normalized spacial score (nSPS) is 10.7. The molecule has 0 unspecified atom stereocenters. The summed E-state index contributed by atoms with van der Waals surface area (Å²) in [5.41, 5.74) is 3.85. The van der Waals surface area contributed by atoms with Gasteiger partial charge in [-0.2, -0.15) is 5.10 Å². The average Bonchev–Trinajstić information content (AvgIpc) is 2.82.